The highest BCUT2D eigenvalue weighted by Crippen LogP contribution is 2.29. The summed E-state index contributed by atoms with van der Waals surface area (Å²) in [5.74, 6) is 0. The lowest BCUT2D eigenvalue weighted by Crippen LogP contribution is -2.52. The second kappa shape index (κ2) is 4.00. The van der Waals surface area contributed by atoms with Crippen molar-refractivity contribution in [1.29, 1.82) is 0 Å². The van der Waals surface area contributed by atoms with Gasteiger partial charge < -0.3 is 15.2 Å². The van der Waals surface area contributed by atoms with Crippen molar-refractivity contribution < 1.29 is 14.6 Å². The second-order valence-corrected chi connectivity index (χ2v) is 5.45. The first-order valence-corrected chi connectivity index (χ1v) is 5.42. The molecule has 0 heterocycles. The van der Waals surface area contributed by atoms with Crippen molar-refractivity contribution in [1.82, 2.24) is 5.32 Å². The van der Waals surface area contributed by atoms with E-state index >= 15 is 0 Å². The predicted octanol–water partition coefficient (Wildman–Crippen LogP) is 1.81. The van der Waals surface area contributed by atoms with E-state index in [4.69, 9.17) is 4.74 Å². The van der Waals surface area contributed by atoms with Crippen LogP contribution in [0.1, 0.15) is 47.0 Å². The number of carbonyl (C=O) groups excluding carboxylic acids is 1. The smallest absolute Gasteiger partial charge is 0.408 e. The Labute approximate surface area is 91.0 Å². The molecule has 0 spiro atoms. The van der Waals surface area contributed by atoms with E-state index in [1.54, 1.807) is 0 Å². The number of hydrogen-bond acceptors (Lipinski definition) is 3. The highest BCUT2D eigenvalue weighted by Gasteiger charge is 2.39. The van der Waals surface area contributed by atoms with Crippen LogP contribution in [0.25, 0.3) is 0 Å². The molecule has 0 aromatic carbocycles. The van der Waals surface area contributed by atoms with Crippen LogP contribution >= 0.6 is 0 Å². The Hall–Kier alpha value is -0.770. The van der Waals surface area contributed by atoms with Crippen LogP contribution in [0.5, 0.6) is 0 Å². The highest BCUT2D eigenvalue weighted by molar-refractivity contribution is 5.69. The van der Waals surface area contributed by atoms with Crippen LogP contribution in [-0.4, -0.2) is 28.4 Å². The lowest BCUT2D eigenvalue weighted by atomic mass is 9.98. The van der Waals surface area contributed by atoms with E-state index in [0.29, 0.717) is 0 Å². The number of aliphatic hydroxyl groups is 1. The van der Waals surface area contributed by atoms with Crippen LogP contribution in [-0.2, 0) is 4.74 Å². The Morgan fingerprint density at radius 2 is 2.13 bits per heavy atom. The molecule has 0 aromatic rings. The van der Waals surface area contributed by atoms with Gasteiger partial charge in [0.05, 0.1) is 11.6 Å². The number of amides is 1. The van der Waals surface area contributed by atoms with E-state index in [2.05, 4.69) is 5.32 Å². The van der Waals surface area contributed by atoms with Crippen molar-refractivity contribution in [3.8, 4) is 0 Å². The number of nitrogens with one attached hydrogen (secondary N) is 1. The molecule has 2 N–H and O–H groups in total. The Morgan fingerprint density at radius 3 is 2.53 bits per heavy atom. The van der Waals surface area contributed by atoms with Crippen LogP contribution in [0.4, 0.5) is 4.79 Å². The molecule has 1 aliphatic rings. The molecule has 0 radical (unpaired) electrons. The molecular formula is C11H21NO3. The molecule has 2 unspecified atom stereocenters. The van der Waals surface area contributed by atoms with Gasteiger partial charge in [0.15, 0.2) is 0 Å². The van der Waals surface area contributed by atoms with Gasteiger partial charge in [-0.15, -0.1) is 0 Å². The highest BCUT2D eigenvalue weighted by atomic mass is 16.6. The first kappa shape index (κ1) is 12.3. The molecular weight excluding hydrogens is 194 g/mol. The first-order chi connectivity index (χ1) is 6.73. The van der Waals surface area contributed by atoms with E-state index in [-0.39, 0.29) is 0 Å². The Balaban J connectivity index is 2.51. The Bertz CT molecular complexity index is 247. The predicted molar refractivity (Wildman–Crippen MR) is 57.6 cm³/mol. The lowest BCUT2D eigenvalue weighted by Gasteiger charge is -2.30. The standard InChI is InChI=1S/C11H21NO3/c1-10(2,3)15-9(14)12-11(4)7-5-6-8(11)13/h8,13H,5-7H2,1-4H3,(H,12,14). The maximum absolute atomic E-state index is 11.5. The molecule has 4 nitrogen and oxygen atoms in total. The van der Waals surface area contributed by atoms with Crippen molar-refractivity contribution in [3.63, 3.8) is 0 Å². The van der Waals surface area contributed by atoms with E-state index < -0.39 is 23.3 Å². The van der Waals surface area contributed by atoms with Gasteiger partial charge in [-0.1, -0.05) is 0 Å². The summed E-state index contributed by atoms with van der Waals surface area (Å²) in [7, 11) is 0. The van der Waals surface area contributed by atoms with Crippen LogP contribution in [0, 0.1) is 0 Å². The third-order valence-electron chi connectivity index (χ3n) is 2.70. The summed E-state index contributed by atoms with van der Waals surface area (Å²) < 4.78 is 5.15. The van der Waals surface area contributed by atoms with Gasteiger partial charge in [-0.25, -0.2) is 4.79 Å². The largest absolute Gasteiger partial charge is 0.444 e. The fraction of sp³-hybridized carbons (Fsp3) is 0.909. The fourth-order valence-corrected chi connectivity index (χ4v) is 1.83. The fourth-order valence-electron chi connectivity index (χ4n) is 1.83. The minimum absolute atomic E-state index is 0.453. The average Bonchev–Trinajstić information content (AvgIpc) is 2.27. The summed E-state index contributed by atoms with van der Waals surface area (Å²) in [6.07, 6.45) is 1.56. The Morgan fingerprint density at radius 1 is 1.53 bits per heavy atom. The van der Waals surface area contributed by atoms with E-state index in [1.165, 1.54) is 0 Å². The SMILES string of the molecule is CC(C)(C)OC(=O)NC1(C)CCCC1O. The zero-order valence-corrected chi connectivity index (χ0v) is 9.96. The topological polar surface area (TPSA) is 58.6 Å². The van der Waals surface area contributed by atoms with Crippen LogP contribution < -0.4 is 5.32 Å². The molecule has 2 atom stereocenters. The maximum atomic E-state index is 11.5. The van der Waals surface area contributed by atoms with E-state index in [0.717, 1.165) is 19.3 Å². The summed E-state index contributed by atoms with van der Waals surface area (Å²) in [4.78, 5) is 11.5. The van der Waals surface area contributed by atoms with Crippen molar-refractivity contribution in [3.05, 3.63) is 0 Å². The van der Waals surface area contributed by atoms with Crippen LogP contribution in [0.15, 0.2) is 0 Å². The van der Waals surface area contributed by atoms with Gasteiger partial charge in [0, 0.05) is 0 Å². The second-order valence-electron chi connectivity index (χ2n) is 5.45. The molecule has 0 saturated heterocycles. The summed E-state index contributed by atoms with van der Waals surface area (Å²) in [5.41, 5.74) is -1.02. The summed E-state index contributed by atoms with van der Waals surface area (Å²) >= 11 is 0. The molecule has 0 aliphatic heterocycles. The van der Waals surface area contributed by atoms with Gasteiger partial charge >= 0.3 is 6.09 Å². The molecule has 15 heavy (non-hydrogen) atoms. The third-order valence-corrected chi connectivity index (χ3v) is 2.70. The van der Waals surface area contributed by atoms with Crippen molar-refractivity contribution >= 4 is 6.09 Å². The average molecular weight is 215 g/mol. The third kappa shape index (κ3) is 3.38. The first-order valence-electron chi connectivity index (χ1n) is 5.42. The number of alkyl carbamates (subject to hydrolysis) is 1. The normalized spacial score (nSPS) is 31.4. The zero-order chi connectivity index (χ0) is 11.7. The van der Waals surface area contributed by atoms with E-state index in [1.807, 2.05) is 27.7 Å². The number of ether oxygens (including phenoxy) is 1. The molecule has 1 fully saturated rings. The van der Waals surface area contributed by atoms with Gasteiger partial charge in [-0.05, 0) is 47.0 Å². The van der Waals surface area contributed by atoms with Crippen molar-refractivity contribution in [2.45, 2.75) is 64.2 Å². The van der Waals surface area contributed by atoms with Crippen LogP contribution in [0.3, 0.4) is 0 Å². The quantitative estimate of drug-likeness (QED) is 0.701. The molecule has 88 valence electrons. The van der Waals surface area contributed by atoms with Crippen LogP contribution in [0.2, 0.25) is 0 Å². The van der Waals surface area contributed by atoms with Crippen molar-refractivity contribution in [2.75, 3.05) is 0 Å². The summed E-state index contributed by atoms with van der Waals surface area (Å²) in [5, 5.41) is 12.5. The van der Waals surface area contributed by atoms with Gasteiger partial charge in [0.2, 0.25) is 0 Å². The number of hydrogen-bond donors (Lipinski definition) is 2. The van der Waals surface area contributed by atoms with E-state index in [9.17, 15) is 9.90 Å². The number of aliphatic hydroxyl groups excluding tert-OH is 1. The van der Waals surface area contributed by atoms with Gasteiger partial charge in [0.25, 0.3) is 0 Å². The molecule has 0 bridgehead atoms. The zero-order valence-electron chi connectivity index (χ0n) is 9.96. The molecule has 1 saturated carbocycles. The molecule has 4 heteroatoms. The molecule has 1 aliphatic carbocycles. The molecule has 0 aromatic heterocycles. The monoisotopic (exact) mass is 215 g/mol. The summed E-state index contributed by atoms with van der Waals surface area (Å²) in [6, 6.07) is 0. The number of carbonyl (C=O) groups is 1. The Kier molecular flexibility index (Phi) is 3.28. The molecule has 1 amide bonds. The van der Waals surface area contributed by atoms with Crippen molar-refractivity contribution in [2.24, 2.45) is 0 Å². The summed E-state index contributed by atoms with van der Waals surface area (Å²) in [6.45, 7) is 7.31. The lowest BCUT2D eigenvalue weighted by molar-refractivity contribution is 0.0331. The van der Waals surface area contributed by atoms with Gasteiger partial charge in [-0.3, -0.25) is 0 Å². The minimum atomic E-state index is -0.525. The minimum Gasteiger partial charge on any atom is -0.444 e. The van der Waals surface area contributed by atoms with Gasteiger partial charge in [0.1, 0.15) is 5.60 Å². The molecule has 1 rings (SSSR count). The number of rotatable bonds is 1. The maximum Gasteiger partial charge on any atom is 0.408 e. The van der Waals surface area contributed by atoms with Gasteiger partial charge in [-0.2, -0.15) is 0 Å².